The van der Waals surface area contributed by atoms with Gasteiger partial charge in [-0.1, -0.05) is 23.4 Å². The molecule has 2 heterocycles. The number of aromatic nitrogens is 4. The Bertz CT molecular complexity index is 503. The van der Waals surface area contributed by atoms with Gasteiger partial charge in [0.25, 0.3) is 0 Å². The van der Waals surface area contributed by atoms with Crippen LogP contribution in [0.5, 0.6) is 0 Å². The molecule has 0 fully saturated rings. The molecule has 6 heteroatoms. The normalized spacial score (nSPS) is 9.40. The van der Waals surface area contributed by atoms with Gasteiger partial charge in [0.05, 0.1) is 11.8 Å². The van der Waals surface area contributed by atoms with Crippen LogP contribution in [0.25, 0.3) is 0 Å². The van der Waals surface area contributed by atoms with E-state index < -0.39 is 0 Å². The van der Waals surface area contributed by atoms with Crippen LogP contribution in [0.4, 0.5) is 5.82 Å². The van der Waals surface area contributed by atoms with Gasteiger partial charge in [0, 0.05) is 6.20 Å². The molecule has 0 saturated heterocycles. The molecule has 0 radical (unpaired) electrons. The lowest BCUT2D eigenvalue weighted by molar-refractivity contribution is 1.09. The fourth-order valence-corrected chi connectivity index (χ4v) is 1.13. The average Bonchev–Trinajstić information content (AvgIpc) is 2.70. The minimum absolute atomic E-state index is 0.249. The number of halogens is 1. The summed E-state index contributed by atoms with van der Waals surface area (Å²) >= 11 is 5.81. The molecule has 0 amide bonds. The Morgan fingerprint density at radius 1 is 1.33 bits per heavy atom. The van der Waals surface area contributed by atoms with Crippen LogP contribution < -0.4 is 5.73 Å². The van der Waals surface area contributed by atoms with E-state index in [-0.39, 0.29) is 11.0 Å². The molecule has 0 saturated carbocycles. The summed E-state index contributed by atoms with van der Waals surface area (Å²) in [5, 5.41) is 6.65. The van der Waals surface area contributed by atoms with Crippen LogP contribution in [0.15, 0.2) is 18.7 Å². The molecule has 0 aliphatic heterocycles. The molecule has 2 aromatic rings. The van der Waals surface area contributed by atoms with Gasteiger partial charge in [-0.15, -0.1) is 0 Å². The highest BCUT2D eigenvalue weighted by Gasteiger charge is 2.02. The van der Waals surface area contributed by atoms with Crippen LogP contribution in [0.3, 0.4) is 0 Å². The van der Waals surface area contributed by atoms with Crippen molar-refractivity contribution in [3.63, 3.8) is 0 Å². The summed E-state index contributed by atoms with van der Waals surface area (Å²) in [6.45, 7) is 0. The van der Waals surface area contributed by atoms with E-state index in [1.807, 2.05) is 0 Å². The molecule has 0 bridgehead atoms. The van der Waals surface area contributed by atoms with Gasteiger partial charge in [-0.25, -0.2) is 9.97 Å². The molecule has 0 spiro atoms. The van der Waals surface area contributed by atoms with Crippen LogP contribution >= 0.6 is 11.6 Å². The van der Waals surface area contributed by atoms with Crippen LogP contribution in [-0.4, -0.2) is 20.2 Å². The Kier molecular flexibility index (Phi) is 2.52. The molecule has 2 aromatic heterocycles. The van der Waals surface area contributed by atoms with Crippen LogP contribution in [0.1, 0.15) is 11.1 Å². The fourth-order valence-electron chi connectivity index (χ4n) is 0.946. The van der Waals surface area contributed by atoms with E-state index in [1.54, 1.807) is 12.4 Å². The van der Waals surface area contributed by atoms with Gasteiger partial charge >= 0.3 is 0 Å². The summed E-state index contributed by atoms with van der Waals surface area (Å²) in [6, 6.07) is 0. The zero-order chi connectivity index (χ0) is 10.7. The third-order valence-electron chi connectivity index (χ3n) is 1.66. The molecular weight excluding hydrogens is 214 g/mol. The second-order valence-electron chi connectivity index (χ2n) is 2.66. The van der Waals surface area contributed by atoms with E-state index >= 15 is 0 Å². The molecule has 0 aliphatic rings. The van der Waals surface area contributed by atoms with Crippen LogP contribution in [-0.2, 0) is 0 Å². The van der Waals surface area contributed by atoms with Crippen molar-refractivity contribution in [3.05, 3.63) is 35.0 Å². The maximum absolute atomic E-state index is 5.81. The largest absolute Gasteiger partial charge is 0.383 e. The van der Waals surface area contributed by atoms with Gasteiger partial charge in [0.15, 0.2) is 0 Å². The number of hydrogen-bond acceptors (Lipinski definition) is 4. The SMILES string of the molecule is Nc1ncnc(Cl)c1C#Cc1cn[nH]c1. The highest BCUT2D eigenvalue weighted by Crippen LogP contribution is 2.15. The first kappa shape index (κ1) is 9.49. The first-order valence-electron chi connectivity index (χ1n) is 4.04. The lowest BCUT2D eigenvalue weighted by Crippen LogP contribution is -1.96. The zero-order valence-corrected chi connectivity index (χ0v) is 8.28. The predicted octanol–water partition coefficient (Wildman–Crippen LogP) is 0.835. The van der Waals surface area contributed by atoms with Gasteiger partial charge < -0.3 is 5.73 Å². The van der Waals surface area contributed by atoms with E-state index in [4.69, 9.17) is 17.3 Å². The lowest BCUT2D eigenvalue weighted by Gasteiger charge is -1.96. The zero-order valence-electron chi connectivity index (χ0n) is 7.53. The van der Waals surface area contributed by atoms with E-state index in [2.05, 4.69) is 32.0 Å². The van der Waals surface area contributed by atoms with Gasteiger partial charge in [-0.05, 0) is 0 Å². The number of rotatable bonds is 0. The molecule has 15 heavy (non-hydrogen) atoms. The number of nitrogens with two attached hydrogens (primary N) is 1. The third kappa shape index (κ3) is 2.06. The highest BCUT2D eigenvalue weighted by atomic mass is 35.5. The summed E-state index contributed by atoms with van der Waals surface area (Å²) in [6.07, 6.45) is 4.56. The van der Waals surface area contributed by atoms with Crippen molar-refractivity contribution in [2.75, 3.05) is 5.73 Å². The van der Waals surface area contributed by atoms with Gasteiger partial charge in [0.2, 0.25) is 0 Å². The predicted molar refractivity (Wildman–Crippen MR) is 56.0 cm³/mol. The molecule has 0 aliphatic carbocycles. The molecule has 3 N–H and O–H groups in total. The van der Waals surface area contributed by atoms with E-state index in [1.165, 1.54) is 6.33 Å². The van der Waals surface area contributed by atoms with Crippen molar-refractivity contribution in [2.24, 2.45) is 0 Å². The number of H-pyrrole nitrogens is 1. The van der Waals surface area contributed by atoms with Gasteiger partial charge in [0.1, 0.15) is 22.9 Å². The Labute approximate surface area is 90.7 Å². The molecule has 0 atom stereocenters. The summed E-state index contributed by atoms with van der Waals surface area (Å²) in [7, 11) is 0. The summed E-state index contributed by atoms with van der Waals surface area (Å²) in [5.74, 6) is 5.90. The molecule has 74 valence electrons. The number of nitrogens with zero attached hydrogens (tertiary/aromatic N) is 3. The van der Waals surface area contributed by atoms with Crippen LogP contribution in [0, 0.1) is 11.8 Å². The summed E-state index contributed by atoms with van der Waals surface area (Å²) in [4.78, 5) is 7.58. The monoisotopic (exact) mass is 219 g/mol. The first-order chi connectivity index (χ1) is 7.27. The van der Waals surface area contributed by atoms with E-state index in [9.17, 15) is 0 Å². The van der Waals surface area contributed by atoms with Crippen molar-refractivity contribution in [3.8, 4) is 11.8 Å². The molecule has 5 nitrogen and oxygen atoms in total. The number of nitrogen functional groups attached to an aromatic ring is 1. The summed E-state index contributed by atoms with van der Waals surface area (Å²) in [5.41, 5.74) is 6.77. The Hall–Kier alpha value is -2.06. The maximum Gasteiger partial charge on any atom is 0.150 e. The van der Waals surface area contributed by atoms with E-state index in [0.29, 0.717) is 5.56 Å². The first-order valence-corrected chi connectivity index (χ1v) is 4.42. The smallest absolute Gasteiger partial charge is 0.150 e. The van der Waals surface area contributed by atoms with Gasteiger partial charge in [-0.2, -0.15) is 5.10 Å². The highest BCUT2D eigenvalue weighted by molar-refractivity contribution is 6.30. The molecule has 0 unspecified atom stereocenters. The Morgan fingerprint density at radius 3 is 2.87 bits per heavy atom. The van der Waals surface area contributed by atoms with Crippen molar-refractivity contribution in [1.82, 2.24) is 20.2 Å². The van der Waals surface area contributed by atoms with Crippen molar-refractivity contribution in [2.45, 2.75) is 0 Å². The molecule has 0 aromatic carbocycles. The Balaban J connectivity index is 2.39. The number of hydrogen-bond donors (Lipinski definition) is 2. The van der Waals surface area contributed by atoms with E-state index in [0.717, 1.165) is 5.56 Å². The third-order valence-corrected chi connectivity index (χ3v) is 1.95. The Morgan fingerprint density at radius 2 is 2.20 bits per heavy atom. The fraction of sp³-hybridized carbons (Fsp3) is 0. The minimum atomic E-state index is 0.249. The lowest BCUT2D eigenvalue weighted by atomic mass is 10.3. The average molecular weight is 220 g/mol. The number of anilines is 1. The molecular formula is C9H6ClN5. The molecule has 2 rings (SSSR count). The summed E-state index contributed by atoms with van der Waals surface area (Å²) < 4.78 is 0. The van der Waals surface area contributed by atoms with Crippen molar-refractivity contribution in [1.29, 1.82) is 0 Å². The number of aromatic amines is 1. The number of nitrogens with one attached hydrogen (secondary N) is 1. The second-order valence-corrected chi connectivity index (χ2v) is 3.02. The van der Waals surface area contributed by atoms with Gasteiger partial charge in [-0.3, -0.25) is 5.10 Å². The standard InChI is InChI=1S/C9H6ClN5/c10-8-7(9(11)13-5-12-8)2-1-6-3-14-15-4-6/h3-5H,(H,14,15)(H2,11,12,13). The second kappa shape index (κ2) is 3.98. The van der Waals surface area contributed by atoms with Crippen LogP contribution in [0.2, 0.25) is 5.15 Å². The van der Waals surface area contributed by atoms with Crippen molar-refractivity contribution < 1.29 is 0 Å². The topological polar surface area (TPSA) is 80.5 Å². The quantitative estimate of drug-likeness (QED) is 0.508. The van der Waals surface area contributed by atoms with Crippen molar-refractivity contribution >= 4 is 17.4 Å². The minimum Gasteiger partial charge on any atom is -0.383 e. The maximum atomic E-state index is 5.81.